The molecule has 25 heavy (non-hydrogen) atoms. The van der Waals surface area contributed by atoms with Crippen LogP contribution in [0.5, 0.6) is 0 Å². The number of amides is 1. The third-order valence-electron chi connectivity index (χ3n) is 3.73. The van der Waals surface area contributed by atoms with Crippen LogP contribution in [-0.4, -0.2) is 21.0 Å². The number of rotatable bonds is 4. The van der Waals surface area contributed by atoms with Gasteiger partial charge in [-0.25, -0.2) is 9.37 Å². The molecule has 2 aromatic heterocycles. The second-order valence-corrected chi connectivity index (χ2v) is 5.47. The van der Waals surface area contributed by atoms with Crippen molar-refractivity contribution >= 4 is 16.9 Å². The lowest BCUT2D eigenvalue weighted by molar-refractivity contribution is 0.0941. The van der Waals surface area contributed by atoms with E-state index < -0.39 is 0 Å². The number of carbonyl (C=O) groups is 1. The van der Waals surface area contributed by atoms with Gasteiger partial charge in [0.2, 0.25) is 0 Å². The van der Waals surface area contributed by atoms with Crippen LogP contribution in [0.4, 0.5) is 4.39 Å². The predicted molar refractivity (Wildman–Crippen MR) is 89.2 cm³/mol. The summed E-state index contributed by atoms with van der Waals surface area (Å²) < 4.78 is 18.1. The molecule has 0 unspecified atom stereocenters. The summed E-state index contributed by atoms with van der Waals surface area (Å²) in [6, 6.07) is 14.9. The maximum absolute atomic E-state index is 13.0. The smallest absolute Gasteiger partial charge is 0.273 e. The number of benzene rings is 2. The molecule has 0 saturated carbocycles. The van der Waals surface area contributed by atoms with Crippen LogP contribution < -0.4 is 5.32 Å². The lowest BCUT2D eigenvalue weighted by Gasteiger charge is -1.98. The number of imidazole rings is 1. The Morgan fingerprint density at radius 3 is 2.76 bits per heavy atom. The highest BCUT2D eigenvalue weighted by molar-refractivity contribution is 5.93. The molecule has 7 heteroatoms. The van der Waals surface area contributed by atoms with Crippen LogP contribution in [0.3, 0.4) is 0 Å². The third-order valence-corrected chi connectivity index (χ3v) is 3.73. The summed E-state index contributed by atoms with van der Waals surface area (Å²) in [4.78, 5) is 19.7. The second kappa shape index (κ2) is 6.20. The highest BCUT2D eigenvalue weighted by Crippen LogP contribution is 2.20. The summed E-state index contributed by atoms with van der Waals surface area (Å²) in [5, 5.41) is 6.49. The number of nitrogens with one attached hydrogen (secondary N) is 2. The van der Waals surface area contributed by atoms with E-state index in [9.17, 15) is 9.18 Å². The van der Waals surface area contributed by atoms with Crippen LogP contribution in [0.25, 0.3) is 22.4 Å². The number of halogens is 1. The van der Waals surface area contributed by atoms with Gasteiger partial charge in [-0.1, -0.05) is 17.3 Å². The van der Waals surface area contributed by atoms with Crippen molar-refractivity contribution in [2.24, 2.45) is 0 Å². The van der Waals surface area contributed by atoms with Crippen molar-refractivity contribution < 1.29 is 13.7 Å². The minimum Gasteiger partial charge on any atom is -0.355 e. The summed E-state index contributed by atoms with van der Waals surface area (Å²) in [6.45, 7) is 0.242. The molecule has 1 amide bonds. The summed E-state index contributed by atoms with van der Waals surface area (Å²) in [7, 11) is 0. The molecule has 0 aliphatic heterocycles. The molecule has 0 aliphatic rings. The van der Waals surface area contributed by atoms with Gasteiger partial charge in [-0.3, -0.25) is 4.79 Å². The number of H-pyrrole nitrogens is 1. The van der Waals surface area contributed by atoms with E-state index in [1.807, 2.05) is 24.3 Å². The van der Waals surface area contributed by atoms with Gasteiger partial charge in [0.05, 0.1) is 17.6 Å². The van der Waals surface area contributed by atoms with E-state index in [0.29, 0.717) is 17.1 Å². The van der Waals surface area contributed by atoms with Crippen LogP contribution in [-0.2, 0) is 6.54 Å². The molecule has 2 N–H and O–H groups in total. The molecule has 4 rings (SSSR count). The maximum Gasteiger partial charge on any atom is 0.273 e. The van der Waals surface area contributed by atoms with Crippen molar-refractivity contribution in [3.63, 3.8) is 0 Å². The predicted octanol–water partition coefficient (Wildman–Crippen LogP) is 3.29. The van der Waals surface area contributed by atoms with Gasteiger partial charge in [0.1, 0.15) is 11.6 Å². The lowest BCUT2D eigenvalue weighted by Crippen LogP contribution is -2.23. The number of para-hydroxylation sites is 2. The normalized spacial score (nSPS) is 10.9. The van der Waals surface area contributed by atoms with Crippen molar-refractivity contribution in [3.8, 4) is 11.3 Å². The molecule has 6 nitrogen and oxygen atoms in total. The Bertz CT molecular complexity index is 1000. The van der Waals surface area contributed by atoms with Crippen LogP contribution in [0, 0.1) is 5.82 Å². The summed E-state index contributed by atoms with van der Waals surface area (Å²) in [6.07, 6.45) is 0. The second-order valence-electron chi connectivity index (χ2n) is 5.47. The lowest BCUT2D eigenvalue weighted by atomic mass is 10.1. The van der Waals surface area contributed by atoms with E-state index in [2.05, 4.69) is 20.4 Å². The molecule has 0 radical (unpaired) electrons. The monoisotopic (exact) mass is 336 g/mol. The first-order valence-corrected chi connectivity index (χ1v) is 7.63. The van der Waals surface area contributed by atoms with Gasteiger partial charge in [-0.05, 0) is 36.4 Å². The molecule has 0 spiro atoms. The first-order chi connectivity index (χ1) is 12.2. The molecule has 124 valence electrons. The Morgan fingerprint density at radius 1 is 1.16 bits per heavy atom. The number of aromatic nitrogens is 3. The maximum atomic E-state index is 13.0. The number of carbonyl (C=O) groups excluding carboxylic acids is 1. The van der Waals surface area contributed by atoms with E-state index in [-0.39, 0.29) is 24.0 Å². The van der Waals surface area contributed by atoms with Crippen molar-refractivity contribution in [1.29, 1.82) is 0 Å². The van der Waals surface area contributed by atoms with Crippen LogP contribution in [0.1, 0.15) is 16.3 Å². The Labute approximate surface area is 141 Å². The van der Waals surface area contributed by atoms with Gasteiger partial charge >= 0.3 is 0 Å². The SMILES string of the molecule is O=C(NCc1nc2ccccc2[nH]1)c1cc(-c2ccc(F)cc2)on1. The molecular weight excluding hydrogens is 323 g/mol. The Hall–Kier alpha value is -3.48. The van der Waals surface area contributed by atoms with Gasteiger partial charge in [-0.2, -0.15) is 0 Å². The van der Waals surface area contributed by atoms with Crippen LogP contribution in [0.15, 0.2) is 59.1 Å². The fourth-order valence-corrected chi connectivity index (χ4v) is 2.48. The van der Waals surface area contributed by atoms with Gasteiger partial charge in [-0.15, -0.1) is 0 Å². The molecule has 4 aromatic rings. The molecule has 0 fully saturated rings. The minimum atomic E-state index is -0.377. The van der Waals surface area contributed by atoms with E-state index >= 15 is 0 Å². The van der Waals surface area contributed by atoms with Gasteiger partial charge in [0.25, 0.3) is 5.91 Å². The first kappa shape index (κ1) is 15.1. The van der Waals surface area contributed by atoms with E-state index in [1.165, 1.54) is 18.2 Å². The van der Waals surface area contributed by atoms with Gasteiger partial charge < -0.3 is 14.8 Å². The van der Waals surface area contributed by atoms with Crippen molar-refractivity contribution in [1.82, 2.24) is 20.4 Å². The van der Waals surface area contributed by atoms with Crippen LogP contribution >= 0.6 is 0 Å². The van der Waals surface area contributed by atoms with Crippen molar-refractivity contribution in [2.75, 3.05) is 0 Å². The minimum absolute atomic E-state index is 0.149. The topological polar surface area (TPSA) is 83.8 Å². The van der Waals surface area contributed by atoms with Gasteiger partial charge in [0.15, 0.2) is 11.5 Å². The van der Waals surface area contributed by atoms with E-state index in [0.717, 1.165) is 11.0 Å². The van der Waals surface area contributed by atoms with Gasteiger partial charge in [0, 0.05) is 11.6 Å². The summed E-state index contributed by atoms with van der Waals surface area (Å²) in [5.74, 6) is 0.329. The number of nitrogens with zero attached hydrogens (tertiary/aromatic N) is 2. The molecule has 0 bridgehead atoms. The average molecular weight is 336 g/mol. The standard InChI is InChI=1S/C18H13FN4O2/c19-12-7-5-11(6-8-12)16-9-15(23-25-16)18(24)20-10-17-21-13-3-1-2-4-14(13)22-17/h1-9H,10H2,(H,20,24)(H,21,22). The Morgan fingerprint density at radius 2 is 1.96 bits per heavy atom. The molecule has 2 aromatic carbocycles. The number of hydrogen-bond donors (Lipinski definition) is 2. The van der Waals surface area contributed by atoms with E-state index in [1.54, 1.807) is 12.1 Å². The summed E-state index contributed by atoms with van der Waals surface area (Å²) in [5.41, 5.74) is 2.54. The number of hydrogen-bond acceptors (Lipinski definition) is 4. The zero-order valence-electron chi connectivity index (χ0n) is 13.0. The largest absolute Gasteiger partial charge is 0.355 e. The van der Waals surface area contributed by atoms with Crippen molar-refractivity contribution in [2.45, 2.75) is 6.54 Å². The fraction of sp³-hybridized carbons (Fsp3) is 0.0556. The quantitative estimate of drug-likeness (QED) is 0.599. The summed E-state index contributed by atoms with van der Waals surface area (Å²) >= 11 is 0. The van der Waals surface area contributed by atoms with Crippen molar-refractivity contribution in [3.05, 3.63) is 71.9 Å². The Kier molecular flexibility index (Phi) is 3.74. The zero-order chi connectivity index (χ0) is 17.2. The zero-order valence-corrected chi connectivity index (χ0v) is 13.0. The molecule has 2 heterocycles. The molecular formula is C18H13FN4O2. The highest BCUT2D eigenvalue weighted by atomic mass is 19.1. The van der Waals surface area contributed by atoms with E-state index in [4.69, 9.17) is 4.52 Å². The molecule has 0 saturated heterocycles. The average Bonchev–Trinajstić information content (AvgIpc) is 3.27. The van der Waals surface area contributed by atoms with Crippen LogP contribution in [0.2, 0.25) is 0 Å². The number of aromatic amines is 1. The molecule has 0 atom stereocenters. The first-order valence-electron chi connectivity index (χ1n) is 7.63. The third kappa shape index (κ3) is 3.12. The fourth-order valence-electron chi connectivity index (χ4n) is 2.48. The number of fused-ring (bicyclic) bond motifs is 1. The highest BCUT2D eigenvalue weighted by Gasteiger charge is 2.14. The Balaban J connectivity index is 1.45. The molecule has 0 aliphatic carbocycles.